The van der Waals surface area contributed by atoms with Crippen molar-refractivity contribution in [2.45, 2.75) is 32.3 Å². The van der Waals surface area contributed by atoms with Gasteiger partial charge in [-0.25, -0.2) is 0 Å². The highest BCUT2D eigenvalue weighted by Gasteiger charge is 2.08. The maximum atomic E-state index is 9.48. The van der Waals surface area contributed by atoms with Crippen LogP contribution in [0.4, 0.5) is 0 Å². The van der Waals surface area contributed by atoms with Gasteiger partial charge in [-0.05, 0) is 37.5 Å². The Labute approximate surface area is 108 Å². The molecule has 0 aromatic heterocycles. The summed E-state index contributed by atoms with van der Waals surface area (Å²) in [5.74, 6) is 1.28. The second kappa shape index (κ2) is 7.57. The third-order valence-corrected chi connectivity index (χ3v) is 2.61. The highest BCUT2D eigenvalue weighted by molar-refractivity contribution is 5.43. The van der Waals surface area contributed by atoms with Crippen LogP contribution < -0.4 is 9.47 Å². The van der Waals surface area contributed by atoms with E-state index in [2.05, 4.69) is 6.07 Å². The number of methoxy groups -OCH3 is 1. The van der Waals surface area contributed by atoms with Gasteiger partial charge in [0.05, 0.1) is 25.9 Å². The Balaban J connectivity index is 2.57. The number of nitriles is 1. The fraction of sp³-hybridized carbons (Fsp3) is 0.500. The van der Waals surface area contributed by atoms with Gasteiger partial charge in [0, 0.05) is 6.42 Å². The normalized spacial score (nSPS) is 11.7. The molecule has 4 heteroatoms. The summed E-state index contributed by atoms with van der Waals surface area (Å²) in [4.78, 5) is 0. The molecule has 18 heavy (non-hydrogen) atoms. The number of aliphatic hydroxyl groups excluding tert-OH is 1. The maximum absolute atomic E-state index is 9.48. The molecule has 0 aliphatic carbocycles. The van der Waals surface area contributed by atoms with Crippen LogP contribution in [-0.4, -0.2) is 18.8 Å². The molecular formula is C14H19NO3. The molecule has 0 amide bonds. The largest absolute Gasteiger partial charge is 0.493 e. The molecule has 0 bridgehead atoms. The summed E-state index contributed by atoms with van der Waals surface area (Å²) in [6.45, 7) is 2.27. The fourth-order valence-electron chi connectivity index (χ4n) is 1.55. The first-order chi connectivity index (χ1) is 8.69. The standard InChI is InChI=1S/C14H19NO3/c1-11(16)12-6-7-13(14(10-12)17-2)18-9-5-3-4-8-15/h6-7,10-11,16H,3-5,9H2,1-2H3/t11-/m1/s1. The monoisotopic (exact) mass is 249 g/mol. The summed E-state index contributed by atoms with van der Waals surface area (Å²) in [6, 6.07) is 7.49. The van der Waals surface area contributed by atoms with Gasteiger partial charge in [0.2, 0.25) is 0 Å². The Morgan fingerprint density at radius 3 is 2.72 bits per heavy atom. The van der Waals surface area contributed by atoms with Crippen LogP contribution in [-0.2, 0) is 0 Å². The maximum Gasteiger partial charge on any atom is 0.161 e. The highest BCUT2D eigenvalue weighted by Crippen LogP contribution is 2.30. The van der Waals surface area contributed by atoms with Crippen molar-refractivity contribution in [1.29, 1.82) is 5.26 Å². The Morgan fingerprint density at radius 2 is 2.11 bits per heavy atom. The molecule has 0 unspecified atom stereocenters. The summed E-state index contributed by atoms with van der Waals surface area (Å²) in [7, 11) is 1.57. The van der Waals surface area contributed by atoms with E-state index < -0.39 is 6.10 Å². The molecule has 0 radical (unpaired) electrons. The molecule has 0 heterocycles. The lowest BCUT2D eigenvalue weighted by Gasteiger charge is -2.13. The topological polar surface area (TPSA) is 62.5 Å². The van der Waals surface area contributed by atoms with E-state index in [1.54, 1.807) is 26.2 Å². The van der Waals surface area contributed by atoms with Crippen LogP contribution in [0.15, 0.2) is 18.2 Å². The van der Waals surface area contributed by atoms with Gasteiger partial charge in [-0.3, -0.25) is 0 Å². The predicted octanol–water partition coefficient (Wildman–Crippen LogP) is 2.82. The van der Waals surface area contributed by atoms with Gasteiger partial charge in [0.15, 0.2) is 11.5 Å². The van der Waals surface area contributed by atoms with Gasteiger partial charge in [-0.1, -0.05) is 6.07 Å². The fourth-order valence-corrected chi connectivity index (χ4v) is 1.55. The lowest BCUT2D eigenvalue weighted by Crippen LogP contribution is -2.00. The van der Waals surface area contributed by atoms with Crippen molar-refractivity contribution in [3.63, 3.8) is 0 Å². The molecule has 0 aliphatic heterocycles. The van der Waals surface area contributed by atoms with E-state index in [1.165, 1.54) is 0 Å². The average Bonchev–Trinajstić information content (AvgIpc) is 2.38. The van der Waals surface area contributed by atoms with Crippen LogP contribution >= 0.6 is 0 Å². The Morgan fingerprint density at radius 1 is 1.33 bits per heavy atom. The zero-order valence-corrected chi connectivity index (χ0v) is 10.8. The summed E-state index contributed by atoms with van der Waals surface area (Å²) >= 11 is 0. The van der Waals surface area contributed by atoms with Gasteiger partial charge in [0.25, 0.3) is 0 Å². The Kier molecular flexibility index (Phi) is 6.03. The van der Waals surface area contributed by atoms with Crippen LogP contribution in [0.3, 0.4) is 0 Å². The second-order valence-corrected chi connectivity index (χ2v) is 4.05. The van der Waals surface area contributed by atoms with E-state index in [9.17, 15) is 5.11 Å². The van der Waals surface area contributed by atoms with Gasteiger partial charge < -0.3 is 14.6 Å². The van der Waals surface area contributed by atoms with Crippen molar-refractivity contribution in [1.82, 2.24) is 0 Å². The minimum absolute atomic E-state index is 0.524. The van der Waals surface area contributed by atoms with Crippen molar-refractivity contribution < 1.29 is 14.6 Å². The molecule has 98 valence electrons. The van der Waals surface area contributed by atoms with E-state index in [4.69, 9.17) is 14.7 Å². The molecule has 1 atom stereocenters. The van der Waals surface area contributed by atoms with E-state index in [1.807, 2.05) is 6.07 Å². The van der Waals surface area contributed by atoms with Gasteiger partial charge in [-0.15, -0.1) is 0 Å². The molecule has 1 aromatic carbocycles. The number of rotatable bonds is 7. The minimum Gasteiger partial charge on any atom is -0.493 e. The minimum atomic E-state index is -0.524. The van der Waals surface area contributed by atoms with Crippen LogP contribution in [0.25, 0.3) is 0 Å². The molecule has 1 rings (SSSR count). The van der Waals surface area contributed by atoms with Crippen LogP contribution in [0.1, 0.15) is 37.9 Å². The van der Waals surface area contributed by atoms with Crippen LogP contribution in [0.5, 0.6) is 11.5 Å². The molecule has 1 N–H and O–H groups in total. The first-order valence-electron chi connectivity index (χ1n) is 6.04. The first-order valence-corrected chi connectivity index (χ1v) is 6.04. The number of hydrogen-bond acceptors (Lipinski definition) is 4. The average molecular weight is 249 g/mol. The lowest BCUT2D eigenvalue weighted by molar-refractivity contribution is 0.198. The zero-order valence-electron chi connectivity index (χ0n) is 10.8. The number of aliphatic hydroxyl groups is 1. The Hall–Kier alpha value is -1.73. The first kappa shape index (κ1) is 14.3. The van der Waals surface area contributed by atoms with Crippen LogP contribution in [0.2, 0.25) is 0 Å². The van der Waals surface area contributed by atoms with Crippen LogP contribution in [0, 0.1) is 11.3 Å². The predicted molar refractivity (Wildman–Crippen MR) is 68.6 cm³/mol. The molecular weight excluding hydrogens is 230 g/mol. The molecule has 0 spiro atoms. The van der Waals surface area contributed by atoms with Crippen molar-refractivity contribution >= 4 is 0 Å². The lowest BCUT2D eigenvalue weighted by atomic mass is 10.1. The van der Waals surface area contributed by atoms with Crippen molar-refractivity contribution in [3.8, 4) is 17.6 Å². The molecule has 0 aliphatic rings. The number of unbranched alkanes of at least 4 members (excludes halogenated alkanes) is 2. The summed E-state index contributed by atoms with van der Waals surface area (Å²) < 4.78 is 10.8. The smallest absolute Gasteiger partial charge is 0.161 e. The number of hydrogen-bond donors (Lipinski definition) is 1. The van der Waals surface area contributed by atoms with Crippen molar-refractivity contribution in [2.75, 3.05) is 13.7 Å². The zero-order chi connectivity index (χ0) is 13.4. The third-order valence-electron chi connectivity index (χ3n) is 2.61. The van der Waals surface area contributed by atoms with E-state index in [0.29, 0.717) is 24.5 Å². The van der Waals surface area contributed by atoms with Gasteiger partial charge in [0.1, 0.15) is 0 Å². The van der Waals surface area contributed by atoms with E-state index in [0.717, 1.165) is 18.4 Å². The molecule has 0 saturated heterocycles. The third kappa shape index (κ3) is 4.27. The van der Waals surface area contributed by atoms with E-state index >= 15 is 0 Å². The summed E-state index contributed by atoms with van der Waals surface area (Å²) in [6.07, 6.45) is 1.71. The van der Waals surface area contributed by atoms with E-state index in [-0.39, 0.29) is 0 Å². The highest BCUT2D eigenvalue weighted by atomic mass is 16.5. The summed E-state index contributed by atoms with van der Waals surface area (Å²) in [5.41, 5.74) is 0.795. The SMILES string of the molecule is COc1cc([C@@H](C)O)ccc1OCCCCC#N. The molecule has 0 saturated carbocycles. The molecule has 4 nitrogen and oxygen atoms in total. The van der Waals surface area contributed by atoms with Gasteiger partial charge in [-0.2, -0.15) is 5.26 Å². The van der Waals surface area contributed by atoms with Crippen molar-refractivity contribution in [3.05, 3.63) is 23.8 Å². The van der Waals surface area contributed by atoms with Crippen molar-refractivity contribution in [2.24, 2.45) is 0 Å². The summed E-state index contributed by atoms with van der Waals surface area (Å²) in [5, 5.41) is 17.9. The second-order valence-electron chi connectivity index (χ2n) is 4.05. The quantitative estimate of drug-likeness (QED) is 0.755. The molecule has 1 aromatic rings. The van der Waals surface area contributed by atoms with Gasteiger partial charge >= 0.3 is 0 Å². The number of ether oxygens (including phenoxy) is 2. The Bertz CT molecular complexity index is 410. The number of nitrogens with zero attached hydrogens (tertiary/aromatic N) is 1. The molecule has 0 fully saturated rings. The number of benzene rings is 1.